The zero-order valence-corrected chi connectivity index (χ0v) is 18.5. The Morgan fingerprint density at radius 2 is 1.34 bits per heavy atom. The molecule has 1 saturated heterocycles. The minimum atomic E-state index is -1.21. The van der Waals surface area contributed by atoms with Gasteiger partial charge in [0.2, 0.25) is 0 Å². The van der Waals surface area contributed by atoms with Crippen LogP contribution in [0.4, 0.5) is 0 Å². The van der Waals surface area contributed by atoms with E-state index in [9.17, 15) is 19.2 Å². The van der Waals surface area contributed by atoms with Crippen molar-refractivity contribution in [2.24, 2.45) is 0 Å². The maximum absolute atomic E-state index is 11.7. The number of rotatable bonds is 10. The molecule has 1 aliphatic heterocycles. The van der Waals surface area contributed by atoms with Crippen molar-refractivity contribution in [1.29, 1.82) is 0 Å². The fraction of sp³-hybridized carbons (Fsp3) is 0.778. The summed E-state index contributed by atoms with van der Waals surface area (Å²) in [4.78, 5) is 46.2. The Kier molecular flexibility index (Phi) is 11.1. The summed E-state index contributed by atoms with van der Waals surface area (Å²) >= 11 is 3.32. The summed E-state index contributed by atoms with van der Waals surface area (Å²) < 4.78 is 32.4. The number of alkyl halides is 1. The van der Waals surface area contributed by atoms with Crippen LogP contribution >= 0.6 is 15.9 Å². The first kappa shape index (κ1) is 25.3. The molecule has 0 radical (unpaired) electrons. The molecule has 1 rings (SSSR count). The van der Waals surface area contributed by atoms with Crippen LogP contribution in [0.1, 0.15) is 40.5 Å². The van der Waals surface area contributed by atoms with Gasteiger partial charge in [-0.05, 0) is 12.8 Å². The number of carbonyl (C=O) groups excluding carboxylic acids is 4. The number of hydrogen-bond acceptors (Lipinski definition) is 10. The summed E-state index contributed by atoms with van der Waals surface area (Å²) in [6.07, 6.45) is -4.16. The standard InChI is InChI=1S/C18H27BrO10/c1-10(20)25-9-14-15(26-11(2)21)16(27-12(3)22)17(28-13(4)23)18(29-14)24-8-6-5-7-19/h14-18H,5-9H2,1-4H3/t14-,15-,16+,17+,18+/m1/s1. The number of carbonyl (C=O) groups is 4. The SMILES string of the molecule is CC(=O)OC[C@H]1O[C@H](OCCCCBr)[C@@H](OC(C)=O)[C@@H](OC(C)=O)[C@@H]1OC(C)=O. The molecular weight excluding hydrogens is 456 g/mol. The van der Waals surface area contributed by atoms with E-state index < -0.39 is 54.6 Å². The first-order valence-electron chi connectivity index (χ1n) is 9.13. The molecule has 10 nitrogen and oxygen atoms in total. The van der Waals surface area contributed by atoms with Crippen molar-refractivity contribution in [3.63, 3.8) is 0 Å². The van der Waals surface area contributed by atoms with Gasteiger partial charge in [0.15, 0.2) is 24.6 Å². The lowest BCUT2D eigenvalue weighted by molar-refractivity contribution is -0.308. The second-order valence-electron chi connectivity index (χ2n) is 6.33. The number of unbranched alkanes of at least 4 members (excludes halogenated alkanes) is 1. The van der Waals surface area contributed by atoms with Crippen LogP contribution in [0.15, 0.2) is 0 Å². The molecule has 0 amide bonds. The van der Waals surface area contributed by atoms with Gasteiger partial charge in [0, 0.05) is 39.6 Å². The third-order valence-electron chi connectivity index (χ3n) is 3.76. The van der Waals surface area contributed by atoms with E-state index >= 15 is 0 Å². The second-order valence-corrected chi connectivity index (χ2v) is 7.13. The predicted molar refractivity (Wildman–Crippen MR) is 101 cm³/mol. The summed E-state index contributed by atoms with van der Waals surface area (Å²) in [5.74, 6) is -2.60. The molecule has 11 heteroatoms. The molecule has 5 atom stereocenters. The Morgan fingerprint density at radius 1 is 0.793 bits per heavy atom. The van der Waals surface area contributed by atoms with E-state index in [-0.39, 0.29) is 13.2 Å². The summed E-state index contributed by atoms with van der Waals surface area (Å²) in [6, 6.07) is 0. The van der Waals surface area contributed by atoms with Crippen molar-refractivity contribution >= 4 is 39.8 Å². The van der Waals surface area contributed by atoms with Crippen molar-refractivity contribution in [2.75, 3.05) is 18.5 Å². The lowest BCUT2D eigenvalue weighted by atomic mass is 9.98. The fourth-order valence-electron chi connectivity index (χ4n) is 2.72. The second kappa shape index (κ2) is 12.8. The van der Waals surface area contributed by atoms with Gasteiger partial charge >= 0.3 is 23.9 Å². The van der Waals surface area contributed by atoms with E-state index in [0.29, 0.717) is 6.42 Å². The average molecular weight is 483 g/mol. The van der Waals surface area contributed by atoms with Crippen molar-refractivity contribution in [2.45, 2.75) is 71.2 Å². The fourth-order valence-corrected chi connectivity index (χ4v) is 3.12. The predicted octanol–water partition coefficient (Wildman–Crippen LogP) is 1.26. The van der Waals surface area contributed by atoms with Crippen LogP contribution in [0.3, 0.4) is 0 Å². The van der Waals surface area contributed by atoms with E-state index in [0.717, 1.165) is 25.6 Å². The topological polar surface area (TPSA) is 124 Å². The molecule has 0 saturated carbocycles. The lowest BCUT2D eigenvalue weighted by Crippen LogP contribution is -2.63. The van der Waals surface area contributed by atoms with Crippen molar-refractivity contribution in [3.8, 4) is 0 Å². The first-order valence-corrected chi connectivity index (χ1v) is 10.3. The summed E-state index contributed by atoms with van der Waals surface area (Å²) in [7, 11) is 0. The molecule has 0 unspecified atom stereocenters. The first-order chi connectivity index (χ1) is 13.6. The van der Waals surface area contributed by atoms with Crippen LogP contribution < -0.4 is 0 Å². The van der Waals surface area contributed by atoms with E-state index in [4.69, 9.17) is 28.4 Å². The minimum absolute atomic E-state index is 0.277. The Bertz CT molecular complexity index is 581. The maximum atomic E-state index is 11.7. The molecule has 29 heavy (non-hydrogen) atoms. The van der Waals surface area contributed by atoms with Crippen LogP contribution in [-0.2, 0) is 47.6 Å². The van der Waals surface area contributed by atoms with Crippen molar-refractivity contribution in [1.82, 2.24) is 0 Å². The van der Waals surface area contributed by atoms with Gasteiger partial charge in [-0.25, -0.2) is 0 Å². The van der Waals surface area contributed by atoms with E-state index in [1.807, 2.05) is 0 Å². The monoisotopic (exact) mass is 482 g/mol. The molecule has 166 valence electrons. The van der Waals surface area contributed by atoms with Gasteiger partial charge in [0.1, 0.15) is 12.7 Å². The van der Waals surface area contributed by atoms with Gasteiger partial charge in [-0.3, -0.25) is 19.2 Å². The molecule has 0 aromatic rings. The average Bonchev–Trinajstić information content (AvgIpc) is 2.60. The molecule has 0 aliphatic carbocycles. The Labute approximate surface area is 177 Å². The lowest BCUT2D eigenvalue weighted by Gasteiger charge is -2.44. The Morgan fingerprint density at radius 3 is 1.86 bits per heavy atom. The highest BCUT2D eigenvalue weighted by molar-refractivity contribution is 9.09. The van der Waals surface area contributed by atoms with E-state index in [1.54, 1.807) is 0 Å². The number of ether oxygens (including phenoxy) is 6. The Hall–Kier alpha value is -1.72. The summed E-state index contributed by atoms with van der Waals surface area (Å²) in [5.41, 5.74) is 0. The smallest absolute Gasteiger partial charge is 0.303 e. The third kappa shape index (κ3) is 9.09. The summed E-state index contributed by atoms with van der Waals surface area (Å²) in [5, 5.41) is 0.787. The van der Waals surface area contributed by atoms with Gasteiger partial charge in [0.25, 0.3) is 0 Å². The molecule has 0 spiro atoms. The van der Waals surface area contributed by atoms with Crippen LogP contribution in [0.25, 0.3) is 0 Å². The van der Waals surface area contributed by atoms with Gasteiger partial charge in [-0.2, -0.15) is 0 Å². The Balaban J connectivity index is 3.17. The highest BCUT2D eigenvalue weighted by Gasteiger charge is 2.52. The maximum Gasteiger partial charge on any atom is 0.303 e. The molecule has 0 N–H and O–H groups in total. The van der Waals surface area contributed by atoms with E-state index in [1.165, 1.54) is 13.8 Å². The van der Waals surface area contributed by atoms with Crippen molar-refractivity contribution < 1.29 is 47.6 Å². The van der Waals surface area contributed by atoms with Gasteiger partial charge in [-0.1, -0.05) is 15.9 Å². The summed E-state index contributed by atoms with van der Waals surface area (Å²) in [6.45, 7) is 4.72. The number of esters is 4. The zero-order chi connectivity index (χ0) is 22.0. The van der Waals surface area contributed by atoms with Crippen molar-refractivity contribution in [3.05, 3.63) is 0 Å². The number of hydrogen-bond donors (Lipinski definition) is 0. The van der Waals surface area contributed by atoms with Crippen LogP contribution in [0.2, 0.25) is 0 Å². The van der Waals surface area contributed by atoms with Gasteiger partial charge in [0.05, 0.1) is 0 Å². The quantitative estimate of drug-likeness (QED) is 0.194. The highest BCUT2D eigenvalue weighted by atomic mass is 79.9. The molecule has 0 aromatic carbocycles. The molecular formula is C18H27BrO10. The highest BCUT2D eigenvalue weighted by Crippen LogP contribution is 2.30. The zero-order valence-electron chi connectivity index (χ0n) is 16.9. The van der Waals surface area contributed by atoms with E-state index in [2.05, 4.69) is 15.9 Å². The van der Waals surface area contributed by atoms with Crippen LogP contribution in [-0.4, -0.2) is 73.1 Å². The number of halogens is 1. The molecule has 1 aliphatic rings. The minimum Gasteiger partial charge on any atom is -0.463 e. The van der Waals surface area contributed by atoms with Gasteiger partial charge < -0.3 is 28.4 Å². The van der Waals surface area contributed by atoms with Gasteiger partial charge in [-0.15, -0.1) is 0 Å². The normalized spacial score (nSPS) is 26.3. The van der Waals surface area contributed by atoms with Crippen LogP contribution in [0.5, 0.6) is 0 Å². The largest absolute Gasteiger partial charge is 0.463 e. The molecule has 0 aromatic heterocycles. The molecule has 1 heterocycles. The molecule has 0 bridgehead atoms. The molecule has 1 fully saturated rings. The van der Waals surface area contributed by atoms with Crippen LogP contribution in [0, 0.1) is 0 Å². The third-order valence-corrected chi connectivity index (χ3v) is 4.32.